The standard InChI is InChI=1S/C23H17Cl2F3N6OS/c24-16-5-10-20(19(25)11-16)33-22(36)34-32-12-14-1-3-15(4-2-14)21(29)31-13-30-17-6-8-18(9-7-17)35-23(26,27)28/h1-13H,(H2,29,30,31)(H2,33,34,36)/b32-12+. The fraction of sp³-hybridized carbons (Fsp3) is 0.0435. The quantitative estimate of drug-likeness (QED) is 0.139. The number of benzene rings is 3. The highest BCUT2D eigenvalue weighted by Crippen LogP contribution is 2.26. The van der Waals surface area contributed by atoms with Crippen molar-refractivity contribution in [2.75, 3.05) is 5.32 Å². The van der Waals surface area contributed by atoms with Crippen molar-refractivity contribution in [3.05, 3.63) is 87.9 Å². The first-order valence-corrected chi connectivity index (χ1v) is 11.1. The number of hydrogen-bond donors (Lipinski definition) is 3. The molecule has 186 valence electrons. The van der Waals surface area contributed by atoms with Crippen LogP contribution in [0, 0.1) is 0 Å². The van der Waals surface area contributed by atoms with Crippen molar-refractivity contribution in [2.45, 2.75) is 6.36 Å². The molecule has 3 aromatic carbocycles. The molecule has 3 rings (SSSR count). The second-order valence-corrected chi connectivity index (χ2v) is 8.12. The molecule has 7 nitrogen and oxygen atoms in total. The second-order valence-electron chi connectivity index (χ2n) is 6.87. The zero-order valence-electron chi connectivity index (χ0n) is 18.1. The van der Waals surface area contributed by atoms with Gasteiger partial charge in [-0.1, -0.05) is 47.5 Å². The minimum Gasteiger partial charge on any atom is -0.406 e. The predicted molar refractivity (Wildman–Crippen MR) is 142 cm³/mol. The van der Waals surface area contributed by atoms with Crippen LogP contribution in [0.15, 0.2) is 81.8 Å². The summed E-state index contributed by atoms with van der Waals surface area (Å²) in [6, 6.07) is 17.0. The number of halogens is 5. The molecule has 0 aliphatic heterocycles. The van der Waals surface area contributed by atoms with Gasteiger partial charge in [0.1, 0.15) is 17.9 Å². The van der Waals surface area contributed by atoms with Crippen LogP contribution in [-0.4, -0.2) is 29.9 Å². The van der Waals surface area contributed by atoms with E-state index in [0.717, 1.165) is 17.7 Å². The maximum Gasteiger partial charge on any atom is 0.573 e. The lowest BCUT2D eigenvalue weighted by molar-refractivity contribution is -0.274. The third-order valence-corrected chi connectivity index (χ3v) is 4.98. The molecule has 0 saturated heterocycles. The molecule has 0 radical (unpaired) electrons. The first-order valence-electron chi connectivity index (χ1n) is 9.96. The van der Waals surface area contributed by atoms with Gasteiger partial charge < -0.3 is 15.8 Å². The van der Waals surface area contributed by atoms with Crippen molar-refractivity contribution in [2.24, 2.45) is 20.8 Å². The van der Waals surface area contributed by atoms with Gasteiger partial charge in [0.25, 0.3) is 0 Å². The molecule has 0 saturated carbocycles. The molecule has 0 amide bonds. The zero-order valence-corrected chi connectivity index (χ0v) is 20.5. The van der Waals surface area contributed by atoms with E-state index in [-0.39, 0.29) is 16.7 Å². The summed E-state index contributed by atoms with van der Waals surface area (Å²) < 4.78 is 40.4. The molecule has 3 aromatic rings. The number of rotatable bonds is 7. The summed E-state index contributed by atoms with van der Waals surface area (Å²) in [6.45, 7) is 0. The summed E-state index contributed by atoms with van der Waals surface area (Å²) >= 11 is 17.1. The number of ether oxygens (including phenoxy) is 1. The lowest BCUT2D eigenvalue weighted by Crippen LogP contribution is -2.24. The lowest BCUT2D eigenvalue weighted by atomic mass is 10.1. The maximum atomic E-state index is 12.2. The van der Waals surface area contributed by atoms with E-state index >= 15 is 0 Å². The average molecular weight is 553 g/mol. The number of nitrogens with two attached hydrogens (primary N) is 1. The van der Waals surface area contributed by atoms with E-state index in [9.17, 15) is 13.2 Å². The van der Waals surface area contributed by atoms with E-state index in [4.69, 9.17) is 41.2 Å². The first kappa shape index (κ1) is 26.9. The van der Waals surface area contributed by atoms with Gasteiger partial charge in [-0.15, -0.1) is 13.2 Å². The molecule has 0 heterocycles. The Kier molecular flexibility index (Phi) is 9.23. The van der Waals surface area contributed by atoms with E-state index in [2.05, 4.69) is 30.6 Å². The Balaban J connectivity index is 1.52. The topological polar surface area (TPSA) is 96.4 Å². The monoisotopic (exact) mass is 552 g/mol. The summed E-state index contributed by atoms with van der Waals surface area (Å²) in [4.78, 5) is 8.07. The Morgan fingerprint density at radius 2 is 1.69 bits per heavy atom. The number of nitrogens with zero attached hydrogens (tertiary/aromatic N) is 3. The second kappa shape index (κ2) is 12.3. The minimum absolute atomic E-state index is 0.197. The number of thiocarbonyl (C=S) groups is 1. The largest absolute Gasteiger partial charge is 0.573 e. The van der Waals surface area contributed by atoms with E-state index in [1.165, 1.54) is 18.5 Å². The van der Waals surface area contributed by atoms with Crippen LogP contribution in [0.5, 0.6) is 5.75 Å². The van der Waals surface area contributed by atoms with Crippen molar-refractivity contribution in [1.29, 1.82) is 0 Å². The molecular formula is C23H17Cl2F3N6OS. The average Bonchev–Trinajstić information content (AvgIpc) is 2.81. The van der Waals surface area contributed by atoms with Crippen LogP contribution >= 0.6 is 35.4 Å². The van der Waals surface area contributed by atoms with Crippen molar-refractivity contribution < 1.29 is 17.9 Å². The van der Waals surface area contributed by atoms with Crippen molar-refractivity contribution in [3.63, 3.8) is 0 Å². The van der Waals surface area contributed by atoms with Crippen molar-refractivity contribution in [1.82, 2.24) is 5.43 Å². The summed E-state index contributed by atoms with van der Waals surface area (Å²) in [5.74, 6) is -0.144. The normalized spacial score (nSPS) is 12.2. The third kappa shape index (κ3) is 8.84. The highest BCUT2D eigenvalue weighted by atomic mass is 35.5. The van der Waals surface area contributed by atoms with E-state index < -0.39 is 6.36 Å². The van der Waals surface area contributed by atoms with Crippen LogP contribution in [0.1, 0.15) is 11.1 Å². The van der Waals surface area contributed by atoms with Gasteiger partial charge in [0.2, 0.25) is 0 Å². The Bertz CT molecular complexity index is 1300. The van der Waals surface area contributed by atoms with E-state index in [1.54, 1.807) is 48.7 Å². The Morgan fingerprint density at radius 1 is 1.00 bits per heavy atom. The summed E-state index contributed by atoms with van der Waals surface area (Å²) in [6.07, 6.45) is -1.99. The van der Waals surface area contributed by atoms with Crippen LogP contribution in [0.25, 0.3) is 0 Å². The molecule has 0 aliphatic rings. The van der Waals surface area contributed by atoms with Gasteiger partial charge in [0.15, 0.2) is 5.11 Å². The molecule has 0 unspecified atom stereocenters. The number of nitrogens with one attached hydrogen (secondary N) is 2. The zero-order chi connectivity index (χ0) is 26.1. The van der Waals surface area contributed by atoms with E-state index in [0.29, 0.717) is 27.0 Å². The fourth-order valence-corrected chi connectivity index (χ4v) is 3.23. The van der Waals surface area contributed by atoms with Crippen LogP contribution < -0.4 is 21.2 Å². The van der Waals surface area contributed by atoms with Crippen LogP contribution in [0.3, 0.4) is 0 Å². The van der Waals surface area contributed by atoms with Crippen LogP contribution in [-0.2, 0) is 0 Å². The SMILES string of the molecule is NC(=NC=Nc1ccc(OC(F)(F)F)cc1)c1ccc(/C=N/NC(=S)Nc2ccc(Cl)cc2Cl)cc1. The summed E-state index contributed by atoms with van der Waals surface area (Å²) in [5, 5.41) is 8.15. The van der Waals surface area contributed by atoms with Gasteiger partial charge >= 0.3 is 6.36 Å². The molecule has 36 heavy (non-hydrogen) atoms. The first-order chi connectivity index (χ1) is 17.1. The van der Waals surface area contributed by atoms with Crippen molar-refractivity contribution >= 4 is 70.3 Å². The summed E-state index contributed by atoms with van der Waals surface area (Å²) in [7, 11) is 0. The van der Waals surface area contributed by atoms with Gasteiger partial charge in [-0.25, -0.2) is 9.98 Å². The molecule has 0 bridgehead atoms. The molecule has 0 atom stereocenters. The van der Waals surface area contributed by atoms with Crippen LogP contribution in [0.4, 0.5) is 24.5 Å². The molecule has 4 N–H and O–H groups in total. The van der Waals surface area contributed by atoms with Gasteiger partial charge in [0.05, 0.1) is 22.6 Å². The number of alkyl halides is 3. The van der Waals surface area contributed by atoms with Gasteiger partial charge in [-0.3, -0.25) is 5.43 Å². The number of aliphatic imine (C=N–C) groups is 2. The predicted octanol–water partition coefficient (Wildman–Crippen LogP) is 6.28. The number of hydrogen-bond acceptors (Lipinski definition) is 4. The maximum absolute atomic E-state index is 12.2. The highest BCUT2D eigenvalue weighted by Gasteiger charge is 2.30. The molecule has 0 aliphatic carbocycles. The smallest absolute Gasteiger partial charge is 0.406 e. The molecule has 13 heteroatoms. The molecular weight excluding hydrogens is 536 g/mol. The molecule has 0 fully saturated rings. The fourth-order valence-electron chi connectivity index (χ4n) is 2.61. The number of amidine groups is 1. The number of hydrazone groups is 1. The Morgan fingerprint density at radius 3 is 2.33 bits per heavy atom. The highest BCUT2D eigenvalue weighted by molar-refractivity contribution is 7.80. The molecule has 0 aromatic heterocycles. The van der Waals surface area contributed by atoms with Gasteiger partial charge in [-0.2, -0.15) is 5.10 Å². The number of anilines is 1. The van der Waals surface area contributed by atoms with E-state index in [1.807, 2.05) is 0 Å². The Hall–Kier alpha value is -3.67. The van der Waals surface area contributed by atoms with Crippen molar-refractivity contribution in [3.8, 4) is 5.75 Å². The van der Waals surface area contributed by atoms with Gasteiger partial charge in [0, 0.05) is 10.6 Å². The van der Waals surface area contributed by atoms with Crippen LogP contribution in [0.2, 0.25) is 10.0 Å². The lowest BCUT2D eigenvalue weighted by Gasteiger charge is -2.08. The summed E-state index contributed by atoms with van der Waals surface area (Å²) in [5.41, 5.74) is 11.0. The Labute approximate surface area is 219 Å². The molecule has 0 spiro atoms. The third-order valence-electron chi connectivity index (χ3n) is 4.24. The van der Waals surface area contributed by atoms with Gasteiger partial charge in [-0.05, 0) is 60.2 Å². The minimum atomic E-state index is -4.75.